The van der Waals surface area contributed by atoms with Crippen molar-refractivity contribution < 1.29 is 0 Å². The Balaban J connectivity index is 2.18. The molecule has 1 nitrogen and oxygen atoms in total. The highest BCUT2D eigenvalue weighted by atomic mass is 14.5. The van der Waals surface area contributed by atoms with E-state index in [4.69, 9.17) is 5.73 Å². The van der Waals surface area contributed by atoms with Gasteiger partial charge >= 0.3 is 0 Å². The molecule has 0 unspecified atom stereocenters. The normalized spacial score (nSPS) is 22.8. The zero-order valence-electron chi connectivity index (χ0n) is 8.93. The Labute approximate surface area is 83.1 Å². The van der Waals surface area contributed by atoms with E-state index in [1.54, 1.807) is 0 Å². The number of nitrogens with two attached hydrogens (primary N) is 1. The van der Waals surface area contributed by atoms with Crippen LogP contribution < -0.4 is 5.73 Å². The van der Waals surface area contributed by atoms with Gasteiger partial charge in [-0.15, -0.1) is 0 Å². The van der Waals surface area contributed by atoms with Crippen molar-refractivity contribution in [1.29, 1.82) is 0 Å². The molecular weight excluding hydrogens is 158 g/mol. The van der Waals surface area contributed by atoms with Crippen LogP contribution in [0.15, 0.2) is 0 Å². The molecule has 0 atom stereocenters. The van der Waals surface area contributed by atoms with E-state index in [1.807, 2.05) is 0 Å². The minimum atomic E-state index is 0.894. The smallest absolute Gasteiger partial charge is 0.00746 e. The third-order valence-corrected chi connectivity index (χ3v) is 3.30. The summed E-state index contributed by atoms with van der Waals surface area (Å²) in [5.74, 6) is 0.947. The van der Waals surface area contributed by atoms with E-state index in [2.05, 4.69) is 0 Å². The molecule has 1 aliphatic carbocycles. The molecule has 1 rings (SSSR count). The second-order valence-corrected chi connectivity index (χ2v) is 4.50. The average Bonchev–Trinajstić information content (AvgIpc) is 2.16. The summed E-state index contributed by atoms with van der Waals surface area (Å²) in [5.41, 5.74) is 5.62. The maximum absolute atomic E-state index is 5.62. The SMILES string of the molecule is NCCC1CCCCCCCCC1. The van der Waals surface area contributed by atoms with Gasteiger partial charge in [0.15, 0.2) is 0 Å². The molecule has 0 aromatic carbocycles. The van der Waals surface area contributed by atoms with Crippen LogP contribution in [0, 0.1) is 5.92 Å². The van der Waals surface area contributed by atoms with Crippen molar-refractivity contribution in [2.45, 2.75) is 64.2 Å². The molecule has 0 radical (unpaired) electrons. The first-order valence-electron chi connectivity index (χ1n) is 6.13. The first kappa shape index (κ1) is 11.0. The Hall–Kier alpha value is -0.0400. The summed E-state index contributed by atoms with van der Waals surface area (Å²) in [6, 6.07) is 0. The lowest BCUT2D eigenvalue weighted by molar-refractivity contribution is 0.373. The van der Waals surface area contributed by atoms with Gasteiger partial charge in [0.25, 0.3) is 0 Å². The van der Waals surface area contributed by atoms with Gasteiger partial charge in [-0.25, -0.2) is 0 Å². The standard InChI is InChI=1S/C12H25N/c13-11-10-12-8-6-4-2-1-3-5-7-9-12/h12H,1-11,13H2. The van der Waals surface area contributed by atoms with Crippen LogP contribution in [-0.2, 0) is 0 Å². The minimum Gasteiger partial charge on any atom is -0.330 e. The molecule has 0 spiro atoms. The van der Waals surface area contributed by atoms with E-state index in [9.17, 15) is 0 Å². The molecule has 0 amide bonds. The van der Waals surface area contributed by atoms with Crippen LogP contribution in [-0.4, -0.2) is 6.54 Å². The first-order chi connectivity index (χ1) is 6.43. The lowest BCUT2D eigenvalue weighted by atomic mass is 9.90. The van der Waals surface area contributed by atoms with Gasteiger partial charge in [0.05, 0.1) is 0 Å². The molecule has 0 bridgehead atoms. The van der Waals surface area contributed by atoms with Crippen molar-refractivity contribution in [2.24, 2.45) is 11.7 Å². The highest BCUT2D eigenvalue weighted by Crippen LogP contribution is 2.23. The van der Waals surface area contributed by atoms with Crippen LogP contribution in [0.2, 0.25) is 0 Å². The fraction of sp³-hybridized carbons (Fsp3) is 1.00. The lowest BCUT2D eigenvalue weighted by Crippen LogP contribution is -2.09. The van der Waals surface area contributed by atoms with Crippen LogP contribution in [0.4, 0.5) is 0 Å². The maximum atomic E-state index is 5.62. The molecule has 0 aliphatic heterocycles. The average molecular weight is 183 g/mol. The molecule has 0 heterocycles. The summed E-state index contributed by atoms with van der Waals surface area (Å²) < 4.78 is 0. The van der Waals surface area contributed by atoms with Crippen LogP contribution in [0.25, 0.3) is 0 Å². The van der Waals surface area contributed by atoms with Gasteiger partial charge in [-0.2, -0.15) is 0 Å². The summed E-state index contributed by atoms with van der Waals surface area (Å²) in [4.78, 5) is 0. The molecule has 0 aromatic heterocycles. The molecule has 2 N–H and O–H groups in total. The van der Waals surface area contributed by atoms with Crippen LogP contribution in [0.5, 0.6) is 0 Å². The predicted molar refractivity (Wildman–Crippen MR) is 58.7 cm³/mol. The summed E-state index contributed by atoms with van der Waals surface area (Å²) in [5, 5.41) is 0. The van der Waals surface area contributed by atoms with Gasteiger partial charge in [-0.1, -0.05) is 57.8 Å². The van der Waals surface area contributed by atoms with Gasteiger partial charge in [-0.3, -0.25) is 0 Å². The van der Waals surface area contributed by atoms with Gasteiger partial charge in [0, 0.05) is 0 Å². The first-order valence-corrected chi connectivity index (χ1v) is 6.13. The quantitative estimate of drug-likeness (QED) is 0.697. The minimum absolute atomic E-state index is 0.894. The lowest BCUT2D eigenvalue weighted by Gasteiger charge is -2.17. The molecule has 1 saturated carbocycles. The summed E-state index contributed by atoms with van der Waals surface area (Å²) in [7, 11) is 0. The fourth-order valence-electron chi connectivity index (χ4n) is 2.42. The zero-order valence-corrected chi connectivity index (χ0v) is 8.93. The Morgan fingerprint density at radius 3 is 1.69 bits per heavy atom. The van der Waals surface area contributed by atoms with Crippen molar-refractivity contribution >= 4 is 0 Å². The van der Waals surface area contributed by atoms with E-state index in [0.717, 1.165) is 12.5 Å². The summed E-state index contributed by atoms with van der Waals surface area (Å²) in [6.07, 6.45) is 14.4. The molecule has 1 fully saturated rings. The van der Waals surface area contributed by atoms with Gasteiger partial charge in [0.1, 0.15) is 0 Å². The molecule has 78 valence electrons. The summed E-state index contributed by atoms with van der Waals surface area (Å²) >= 11 is 0. The predicted octanol–water partition coefficient (Wildman–Crippen LogP) is 3.48. The molecule has 13 heavy (non-hydrogen) atoms. The molecular formula is C12H25N. The Morgan fingerprint density at radius 1 is 0.769 bits per heavy atom. The van der Waals surface area contributed by atoms with Crippen LogP contribution >= 0.6 is 0 Å². The number of rotatable bonds is 2. The van der Waals surface area contributed by atoms with Gasteiger partial charge < -0.3 is 5.73 Å². The van der Waals surface area contributed by atoms with E-state index < -0.39 is 0 Å². The van der Waals surface area contributed by atoms with Crippen molar-refractivity contribution in [3.8, 4) is 0 Å². The van der Waals surface area contributed by atoms with Gasteiger partial charge in [-0.05, 0) is 18.9 Å². The molecule has 0 saturated heterocycles. The number of hydrogen-bond donors (Lipinski definition) is 1. The largest absolute Gasteiger partial charge is 0.330 e. The van der Waals surface area contributed by atoms with E-state index in [1.165, 1.54) is 64.2 Å². The number of hydrogen-bond acceptors (Lipinski definition) is 1. The molecule has 1 aliphatic rings. The molecule has 1 heteroatoms. The fourth-order valence-corrected chi connectivity index (χ4v) is 2.42. The second-order valence-electron chi connectivity index (χ2n) is 4.50. The highest BCUT2D eigenvalue weighted by Gasteiger charge is 2.08. The van der Waals surface area contributed by atoms with Gasteiger partial charge in [0.2, 0.25) is 0 Å². The van der Waals surface area contributed by atoms with Crippen molar-refractivity contribution in [3.63, 3.8) is 0 Å². The Kier molecular flexibility index (Phi) is 6.26. The van der Waals surface area contributed by atoms with E-state index >= 15 is 0 Å². The third-order valence-electron chi connectivity index (χ3n) is 3.30. The van der Waals surface area contributed by atoms with Crippen LogP contribution in [0.1, 0.15) is 64.2 Å². The highest BCUT2D eigenvalue weighted by molar-refractivity contribution is 4.62. The zero-order chi connectivity index (χ0) is 9.36. The summed E-state index contributed by atoms with van der Waals surface area (Å²) in [6.45, 7) is 0.894. The molecule has 0 aromatic rings. The van der Waals surface area contributed by atoms with E-state index in [0.29, 0.717) is 0 Å². The van der Waals surface area contributed by atoms with Crippen LogP contribution in [0.3, 0.4) is 0 Å². The van der Waals surface area contributed by atoms with Crippen molar-refractivity contribution in [1.82, 2.24) is 0 Å². The van der Waals surface area contributed by atoms with E-state index in [-0.39, 0.29) is 0 Å². The third kappa shape index (κ3) is 5.30. The second kappa shape index (κ2) is 7.37. The van der Waals surface area contributed by atoms with Crippen molar-refractivity contribution in [2.75, 3.05) is 6.54 Å². The monoisotopic (exact) mass is 183 g/mol. The Bertz CT molecular complexity index is 102. The maximum Gasteiger partial charge on any atom is -0.00746 e. The van der Waals surface area contributed by atoms with Crippen molar-refractivity contribution in [3.05, 3.63) is 0 Å². The topological polar surface area (TPSA) is 26.0 Å². The Morgan fingerprint density at radius 2 is 1.23 bits per heavy atom.